The molecule has 92 valence electrons. The molecule has 1 aliphatic heterocycles. The molecule has 2 nitrogen and oxygen atoms in total. The highest BCUT2D eigenvalue weighted by molar-refractivity contribution is 5.27. The normalized spacial score (nSPS) is 20.5. The summed E-state index contributed by atoms with van der Waals surface area (Å²) in [6, 6.07) is 0.693. The first kappa shape index (κ1) is 13.3. The van der Waals surface area contributed by atoms with Crippen LogP contribution in [0.4, 0.5) is 0 Å². The summed E-state index contributed by atoms with van der Waals surface area (Å²) in [4.78, 5) is 2.47. The van der Waals surface area contributed by atoms with Gasteiger partial charge in [-0.2, -0.15) is 0 Å². The summed E-state index contributed by atoms with van der Waals surface area (Å²) in [6.45, 7) is 13.8. The van der Waals surface area contributed by atoms with Crippen molar-refractivity contribution < 1.29 is 0 Å². The van der Waals surface area contributed by atoms with Crippen LogP contribution in [-0.2, 0) is 0 Å². The molecular formula is C14H26N2. The van der Waals surface area contributed by atoms with Crippen molar-refractivity contribution in [1.82, 2.24) is 4.90 Å². The summed E-state index contributed by atoms with van der Waals surface area (Å²) in [5.41, 5.74) is 8.88. The minimum Gasteiger partial charge on any atom is -0.370 e. The summed E-state index contributed by atoms with van der Waals surface area (Å²) in [7, 11) is 0. The van der Waals surface area contributed by atoms with Crippen molar-refractivity contribution in [3.05, 3.63) is 23.9 Å². The lowest BCUT2D eigenvalue weighted by Gasteiger charge is -2.35. The lowest BCUT2D eigenvalue weighted by atomic mass is 9.97. The van der Waals surface area contributed by atoms with Crippen LogP contribution < -0.4 is 5.73 Å². The smallest absolute Gasteiger partial charge is 0.0437 e. The van der Waals surface area contributed by atoms with E-state index in [1.165, 1.54) is 17.7 Å². The highest BCUT2D eigenvalue weighted by atomic mass is 15.2. The van der Waals surface area contributed by atoms with Crippen LogP contribution in [0.1, 0.15) is 40.5 Å². The molecule has 0 aliphatic carbocycles. The van der Waals surface area contributed by atoms with Crippen LogP contribution in [-0.4, -0.2) is 23.5 Å². The molecule has 0 amide bonds. The van der Waals surface area contributed by atoms with E-state index in [0.717, 1.165) is 13.0 Å². The molecule has 0 fully saturated rings. The first-order valence-corrected chi connectivity index (χ1v) is 6.31. The van der Waals surface area contributed by atoms with E-state index in [2.05, 4.69) is 39.2 Å². The zero-order chi connectivity index (χ0) is 12.3. The molecular weight excluding hydrogens is 196 g/mol. The van der Waals surface area contributed by atoms with Crippen molar-refractivity contribution in [3.8, 4) is 0 Å². The Morgan fingerprint density at radius 1 is 1.44 bits per heavy atom. The van der Waals surface area contributed by atoms with E-state index in [1.54, 1.807) is 0 Å². The molecule has 1 heterocycles. The van der Waals surface area contributed by atoms with E-state index in [0.29, 0.717) is 12.0 Å². The van der Waals surface area contributed by atoms with Gasteiger partial charge in [-0.1, -0.05) is 26.5 Å². The predicted octanol–water partition coefficient (Wildman–Crippen LogP) is 2.91. The van der Waals surface area contributed by atoms with Crippen molar-refractivity contribution in [2.75, 3.05) is 6.54 Å². The van der Waals surface area contributed by atoms with Crippen molar-refractivity contribution in [2.45, 2.75) is 52.6 Å². The van der Waals surface area contributed by atoms with Crippen molar-refractivity contribution in [3.63, 3.8) is 0 Å². The number of hydrogen-bond donors (Lipinski definition) is 1. The SMILES string of the molecule is C=CC1=C(C)N(C(CC(C)C)C(C)N)CC1. The second-order valence-corrected chi connectivity index (χ2v) is 5.31. The number of rotatable bonds is 5. The summed E-state index contributed by atoms with van der Waals surface area (Å²) in [6.07, 6.45) is 4.28. The lowest BCUT2D eigenvalue weighted by molar-refractivity contribution is 0.213. The molecule has 2 unspecified atom stereocenters. The van der Waals surface area contributed by atoms with Crippen LogP contribution in [0.25, 0.3) is 0 Å². The van der Waals surface area contributed by atoms with Gasteiger partial charge >= 0.3 is 0 Å². The molecule has 0 aromatic heterocycles. The fraction of sp³-hybridized carbons (Fsp3) is 0.714. The van der Waals surface area contributed by atoms with Gasteiger partial charge in [0.2, 0.25) is 0 Å². The Morgan fingerprint density at radius 2 is 2.06 bits per heavy atom. The molecule has 0 saturated carbocycles. The van der Waals surface area contributed by atoms with E-state index in [-0.39, 0.29) is 6.04 Å². The van der Waals surface area contributed by atoms with Crippen LogP contribution in [0, 0.1) is 5.92 Å². The number of nitrogens with two attached hydrogens (primary N) is 1. The quantitative estimate of drug-likeness (QED) is 0.775. The first-order valence-electron chi connectivity index (χ1n) is 6.31. The van der Waals surface area contributed by atoms with Crippen LogP contribution in [0.2, 0.25) is 0 Å². The average Bonchev–Trinajstić information content (AvgIpc) is 2.55. The fourth-order valence-electron chi connectivity index (χ4n) is 2.55. The molecule has 0 aromatic rings. The van der Waals surface area contributed by atoms with E-state index < -0.39 is 0 Å². The van der Waals surface area contributed by atoms with Gasteiger partial charge in [0, 0.05) is 24.3 Å². The third-order valence-corrected chi connectivity index (χ3v) is 3.48. The molecule has 0 aromatic carbocycles. The van der Waals surface area contributed by atoms with Gasteiger partial charge in [0.25, 0.3) is 0 Å². The summed E-state index contributed by atoms with van der Waals surface area (Å²) in [5.74, 6) is 0.691. The Balaban J connectivity index is 2.81. The minimum atomic E-state index is 0.224. The zero-order valence-electron chi connectivity index (χ0n) is 11.2. The monoisotopic (exact) mass is 222 g/mol. The van der Waals surface area contributed by atoms with Crippen LogP contribution >= 0.6 is 0 Å². The van der Waals surface area contributed by atoms with Gasteiger partial charge in [-0.25, -0.2) is 0 Å². The maximum Gasteiger partial charge on any atom is 0.0437 e. The lowest BCUT2D eigenvalue weighted by Crippen LogP contribution is -2.45. The van der Waals surface area contributed by atoms with Gasteiger partial charge in [0.05, 0.1) is 0 Å². The third kappa shape index (κ3) is 2.88. The van der Waals surface area contributed by atoms with Gasteiger partial charge in [0.1, 0.15) is 0 Å². The Bertz CT molecular complexity index is 276. The van der Waals surface area contributed by atoms with E-state index >= 15 is 0 Å². The van der Waals surface area contributed by atoms with Crippen molar-refractivity contribution >= 4 is 0 Å². The third-order valence-electron chi connectivity index (χ3n) is 3.48. The number of nitrogens with zero attached hydrogens (tertiary/aromatic N) is 1. The van der Waals surface area contributed by atoms with Gasteiger partial charge in [-0.3, -0.25) is 0 Å². The molecule has 1 aliphatic rings. The minimum absolute atomic E-state index is 0.224. The van der Waals surface area contributed by atoms with Crippen LogP contribution in [0.5, 0.6) is 0 Å². The number of hydrogen-bond acceptors (Lipinski definition) is 2. The van der Waals surface area contributed by atoms with E-state index in [9.17, 15) is 0 Å². The summed E-state index contributed by atoms with van der Waals surface area (Å²) in [5, 5.41) is 0. The molecule has 2 N–H and O–H groups in total. The van der Waals surface area contributed by atoms with E-state index in [1.807, 2.05) is 6.08 Å². The largest absolute Gasteiger partial charge is 0.370 e. The topological polar surface area (TPSA) is 29.3 Å². The molecule has 1 rings (SSSR count). The molecule has 0 saturated heterocycles. The molecule has 0 radical (unpaired) electrons. The van der Waals surface area contributed by atoms with Gasteiger partial charge < -0.3 is 10.6 Å². The van der Waals surface area contributed by atoms with E-state index in [4.69, 9.17) is 5.73 Å². The Hall–Kier alpha value is -0.760. The summed E-state index contributed by atoms with van der Waals surface area (Å²) < 4.78 is 0. The second kappa shape index (κ2) is 5.53. The van der Waals surface area contributed by atoms with Gasteiger partial charge in [-0.15, -0.1) is 0 Å². The van der Waals surface area contributed by atoms with Crippen molar-refractivity contribution in [1.29, 1.82) is 0 Å². The van der Waals surface area contributed by atoms with Gasteiger partial charge in [-0.05, 0) is 38.2 Å². The Morgan fingerprint density at radius 3 is 2.44 bits per heavy atom. The van der Waals surface area contributed by atoms with Gasteiger partial charge in [0.15, 0.2) is 0 Å². The van der Waals surface area contributed by atoms with Crippen LogP contribution in [0.15, 0.2) is 23.9 Å². The fourth-order valence-corrected chi connectivity index (χ4v) is 2.55. The average molecular weight is 222 g/mol. The number of allylic oxidation sites excluding steroid dienone is 2. The summed E-state index contributed by atoms with van der Waals surface area (Å²) >= 11 is 0. The molecule has 16 heavy (non-hydrogen) atoms. The van der Waals surface area contributed by atoms with Crippen molar-refractivity contribution in [2.24, 2.45) is 11.7 Å². The predicted molar refractivity (Wildman–Crippen MR) is 71.1 cm³/mol. The molecule has 0 bridgehead atoms. The second-order valence-electron chi connectivity index (χ2n) is 5.31. The Labute approximate surface area is 100 Å². The standard InChI is InChI=1S/C14H26N2/c1-6-13-7-8-16(12(13)5)14(11(4)15)9-10(2)3/h6,10-11,14H,1,7-9,15H2,2-5H3. The Kier molecular flexibility index (Phi) is 4.60. The molecule has 2 heteroatoms. The van der Waals surface area contributed by atoms with Crippen LogP contribution in [0.3, 0.4) is 0 Å². The molecule has 0 spiro atoms. The molecule has 2 atom stereocenters. The zero-order valence-corrected chi connectivity index (χ0v) is 11.2. The highest BCUT2D eigenvalue weighted by Crippen LogP contribution is 2.28. The maximum atomic E-state index is 6.12. The first-order chi connectivity index (χ1) is 7.47. The highest BCUT2D eigenvalue weighted by Gasteiger charge is 2.27. The maximum absolute atomic E-state index is 6.12.